The molecule has 1 fully saturated rings. The molecule has 5 nitrogen and oxygen atoms in total. The summed E-state index contributed by atoms with van der Waals surface area (Å²) in [6.45, 7) is -1.71. The van der Waals surface area contributed by atoms with Crippen molar-refractivity contribution in [3.05, 3.63) is 0 Å². The molecule has 12 heteroatoms. The van der Waals surface area contributed by atoms with Crippen LogP contribution in [0.4, 0.5) is 26.3 Å². The number of ether oxygens (including phenoxy) is 3. The maximum atomic E-state index is 12.7. The zero-order valence-electron chi connectivity index (χ0n) is 13.2. The summed E-state index contributed by atoms with van der Waals surface area (Å²) in [6.07, 6.45) is -11.9. The van der Waals surface area contributed by atoms with Crippen LogP contribution >= 0.6 is 0 Å². The maximum absolute atomic E-state index is 12.7. The first kappa shape index (κ1) is 25.0. The molecule has 1 heterocycles. The van der Waals surface area contributed by atoms with Gasteiger partial charge in [-0.3, -0.25) is 4.90 Å². The molecule has 0 radical (unpaired) electrons. The smallest absolute Gasteiger partial charge is 0.835 e. The van der Waals surface area contributed by atoms with Gasteiger partial charge in [-0.1, -0.05) is 0 Å². The monoisotopic (exact) mass is 393 g/mol. The third kappa shape index (κ3) is 7.72. The van der Waals surface area contributed by atoms with E-state index in [0.717, 1.165) is 4.90 Å². The van der Waals surface area contributed by atoms with Crippen LogP contribution in [0.3, 0.4) is 0 Å². The number of hydrogen-bond donors (Lipinski definition) is 0. The summed E-state index contributed by atoms with van der Waals surface area (Å²) in [4.78, 5) is 0.760. The Labute approximate surface area is 178 Å². The van der Waals surface area contributed by atoms with E-state index in [0.29, 0.717) is 0 Å². The number of hydrogen-bond acceptors (Lipinski definition) is 5. The predicted octanol–water partition coefficient (Wildman–Crippen LogP) is -2.42. The van der Waals surface area contributed by atoms with Crippen molar-refractivity contribution in [3.8, 4) is 0 Å². The van der Waals surface area contributed by atoms with E-state index >= 15 is 0 Å². The van der Waals surface area contributed by atoms with Crippen LogP contribution in [0.5, 0.6) is 0 Å². The predicted molar refractivity (Wildman–Crippen MR) is 63.7 cm³/mol. The molecule has 0 aromatic carbocycles. The molecule has 1 rings (SSSR count). The van der Waals surface area contributed by atoms with Gasteiger partial charge in [0.2, 0.25) is 0 Å². The van der Waals surface area contributed by atoms with Crippen LogP contribution in [0.2, 0.25) is 0 Å². The summed E-state index contributed by atoms with van der Waals surface area (Å²) >= 11 is 0. The fourth-order valence-corrected chi connectivity index (χ4v) is 1.85. The molecule has 0 aromatic heterocycles. The second kappa shape index (κ2) is 11.0. The van der Waals surface area contributed by atoms with Crippen molar-refractivity contribution in [2.24, 2.45) is 0 Å². The zero-order chi connectivity index (χ0) is 17.6. The Morgan fingerprint density at radius 1 is 0.708 bits per heavy atom. The molecule has 24 heavy (non-hydrogen) atoms. The van der Waals surface area contributed by atoms with Crippen molar-refractivity contribution in [1.82, 2.24) is 4.90 Å². The maximum Gasteiger partial charge on any atom is 1.00 e. The summed E-state index contributed by atoms with van der Waals surface area (Å²) in [5.74, 6) is 0. The van der Waals surface area contributed by atoms with Crippen molar-refractivity contribution >= 4 is 0 Å². The van der Waals surface area contributed by atoms with Crippen molar-refractivity contribution in [2.45, 2.75) is 18.0 Å². The summed E-state index contributed by atoms with van der Waals surface area (Å²) in [5.41, 5.74) is -5.06. The molecule has 1 aliphatic rings. The van der Waals surface area contributed by atoms with Gasteiger partial charge in [-0.25, -0.2) is 0 Å². The quantitative estimate of drug-likeness (QED) is 0.386. The van der Waals surface area contributed by atoms with Gasteiger partial charge in [0, 0.05) is 19.6 Å². The number of rotatable bonds is 2. The Morgan fingerprint density at radius 2 is 1.04 bits per heavy atom. The van der Waals surface area contributed by atoms with E-state index in [1.807, 2.05) is 0 Å². The van der Waals surface area contributed by atoms with Gasteiger partial charge < -0.3 is 19.3 Å². The van der Waals surface area contributed by atoms with Gasteiger partial charge in [0.15, 0.2) is 0 Å². The Bertz CT molecular complexity index is 329. The SMILES string of the molecule is [K+].[O-]C(CN1CCOCCOCCOCC1)(C(F)(F)F)C(F)(F)F. The zero-order valence-corrected chi connectivity index (χ0v) is 16.3. The third-order valence-electron chi connectivity index (χ3n) is 3.21. The average molecular weight is 393 g/mol. The van der Waals surface area contributed by atoms with Gasteiger partial charge >= 0.3 is 63.7 Å². The summed E-state index contributed by atoms with van der Waals surface area (Å²) in [6, 6.07) is 0. The standard InChI is InChI=1S/C12H18F6NO4.K/c13-11(14,15)10(20,12(16,17)18)9-19-1-3-21-5-7-23-8-6-22-4-2-19;/h1-9H2;/q-1;+1. The Morgan fingerprint density at radius 3 is 1.38 bits per heavy atom. The second-order valence-corrected chi connectivity index (χ2v) is 4.94. The first-order valence-corrected chi connectivity index (χ1v) is 6.87. The fraction of sp³-hybridized carbons (Fsp3) is 1.00. The first-order chi connectivity index (χ1) is 10.6. The van der Waals surface area contributed by atoms with E-state index in [1.165, 1.54) is 0 Å². The van der Waals surface area contributed by atoms with E-state index in [-0.39, 0.29) is 104 Å². The normalized spacial score (nSPS) is 20.6. The van der Waals surface area contributed by atoms with Crippen molar-refractivity contribution in [2.75, 3.05) is 59.3 Å². The number of halogens is 6. The molecule has 1 aliphatic heterocycles. The van der Waals surface area contributed by atoms with Gasteiger partial charge in [0.25, 0.3) is 0 Å². The topological polar surface area (TPSA) is 54.0 Å². The van der Waals surface area contributed by atoms with Crippen LogP contribution in [-0.4, -0.2) is 82.1 Å². The fourth-order valence-electron chi connectivity index (χ4n) is 1.85. The van der Waals surface area contributed by atoms with E-state index in [9.17, 15) is 31.4 Å². The third-order valence-corrected chi connectivity index (χ3v) is 3.21. The minimum absolute atomic E-state index is 0. The summed E-state index contributed by atoms with van der Waals surface area (Å²) < 4.78 is 91.2. The Hall–Kier alpha value is 1.02. The van der Waals surface area contributed by atoms with Crippen LogP contribution in [0, 0.1) is 0 Å². The van der Waals surface area contributed by atoms with Crippen molar-refractivity contribution < 1.29 is 97.0 Å². The molecular formula is C12H18F6KNO4. The Kier molecular flexibility index (Phi) is 11.5. The van der Waals surface area contributed by atoms with Gasteiger partial charge in [-0.05, 0) is 0 Å². The molecule has 0 aliphatic carbocycles. The van der Waals surface area contributed by atoms with Gasteiger partial charge in [-0.15, -0.1) is 0 Å². The molecule has 0 N–H and O–H groups in total. The van der Waals surface area contributed by atoms with Gasteiger partial charge in [-0.2, -0.15) is 26.3 Å². The molecule has 0 spiro atoms. The van der Waals surface area contributed by atoms with Crippen molar-refractivity contribution in [1.29, 1.82) is 0 Å². The largest absolute Gasteiger partial charge is 1.00 e. The first-order valence-electron chi connectivity index (χ1n) is 6.87. The van der Waals surface area contributed by atoms with E-state index < -0.39 is 24.5 Å². The second-order valence-electron chi connectivity index (χ2n) is 4.94. The molecule has 138 valence electrons. The Balaban J connectivity index is 0.00000529. The van der Waals surface area contributed by atoms with E-state index in [4.69, 9.17) is 14.2 Å². The average Bonchev–Trinajstić information content (AvgIpc) is 2.39. The minimum Gasteiger partial charge on any atom is -0.835 e. The minimum atomic E-state index is -5.95. The van der Waals surface area contributed by atoms with Gasteiger partial charge in [0.1, 0.15) is 0 Å². The van der Waals surface area contributed by atoms with Crippen LogP contribution in [0.1, 0.15) is 0 Å². The molecule has 0 atom stereocenters. The molecule has 0 amide bonds. The van der Waals surface area contributed by atoms with Crippen molar-refractivity contribution in [3.63, 3.8) is 0 Å². The molecule has 0 aromatic rings. The molecule has 0 bridgehead atoms. The molecule has 0 unspecified atom stereocenters. The van der Waals surface area contributed by atoms with Crippen LogP contribution < -0.4 is 56.5 Å². The van der Waals surface area contributed by atoms with Crippen LogP contribution in [0.15, 0.2) is 0 Å². The van der Waals surface area contributed by atoms with Gasteiger partial charge in [0.05, 0.1) is 45.2 Å². The molecule has 0 saturated carbocycles. The van der Waals surface area contributed by atoms with E-state index in [1.54, 1.807) is 0 Å². The number of nitrogens with zero attached hydrogens (tertiary/aromatic N) is 1. The van der Waals surface area contributed by atoms with Crippen LogP contribution in [0.25, 0.3) is 0 Å². The molecule has 1 saturated heterocycles. The molecular weight excluding hydrogens is 375 g/mol. The summed E-state index contributed by atoms with van der Waals surface area (Å²) in [5, 5.41) is 11.5. The summed E-state index contributed by atoms with van der Waals surface area (Å²) in [7, 11) is 0. The van der Waals surface area contributed by atoms with Crippen LogP contribution in [-0.2, 0) is 14.2 Å². The number of alkyl halides is 6. The van der Waals surface area contributed by atoms with E-state index in [2.05, 4.69) is 0 Å².